The first-order valence-electron chi connectivity index (χ1n) is 6.45. The van der Waals surface area contributed by atoms with E-state index < -0.39 is 6.29 Å². The molecule has 2 heteroatoms. The van der Waals surface area contributed by atoms with Crippen LogP contribution in [0, 0.1) is 0 Å². The lowest BCUT2D eigenvalue weighted by Gasteiger charge is -2.19. The summed E-state index contributed by atoms with van der Waals surface area (Å²) < 4.78 is 0. The van der Waals surface area contributed by atoms with Crippen LogP contribution >= 0.6 is 0 Å². The summed E-state index contributed by atoms with van der Waals surface area (Å²) in [4.78, 5) is 0. The van der Waals surface area contributed by atoms with Gasteiger partial charge in [-0.3, -0.25) is 0 Å². The van der Waals surface area contributed by atoms with Crippen LogP contribution in [0.25, 0.3) is 11.1 Å². The minimum Gasteiger partial charge on any atom is -0.364 e. The first-order chi connectivity index (χ1) is 8.89. The van der Waals surface area contributed by atoms with Crippen molar-refractivity contribution in [3.05, 3.63) is 59.7 Å². The van der Waals surface area contributed by atoms with Crippen molar-refractivity contribution < 1.29 is 10.2 Å². The first-order valence-corrected chi connectivity index (χ1v) is 6.45. The van der Waals surface area contributed by atoms with Crippen LogP contribution in [-0.2, 0) is 5.41 Å². The van der Waals surface area contributed by atoms with Gasteiger partial charge in [-0.2, -0.15) is 0 Å². The predicted octanol–water partition coefficient (Wildman–Crippen LogP) is 3.63. The van der Waals surface area contributed by atoms with Gasteiger partial charge in [-0.15, -0.1) is 0 Å². The van der Waals surface area contributed by atoms with E-state index in [9.17, 15) is 10.2 Å². The Kier molecular flexibility index (Phi) is 3.74. The zero-order chi connectivity index (χ0) is 14.0. The highest BCUT2D eigenvalue weighted by molar-refractivity contribution is 5.68. The number of rotatable bonds is 2. The van der Waals surface area contributed by atoms with Gasteiger partial charge in [-0.25, -0.2) is 0 Å². The molecule has 0 fully saturated rings. The first kappa shape index (κ1) is 13.8. The molecule has 2 nitrogen and oxygen atoms in total. The summed E-state index contributed by atoms with van der Waals surface area (Å²) in [6.45, 7) is 6.52. The fourth-order valence-corrected chi connectivity index (χ4v) is 2.13. The normalized spacial score (nSPS) is 11.9. The second kappa shape index (κ2) is 5.16. The molecule has 0 atom stereocenters. The molecule has 0 spiro atoms. The van der Waals surface area contributed by atoms with E-state index in [1.807, 2.05) is 30.3 Å². The summed E-state index contributed by atoms with van der Waals surface area (Å²) in [7, 11) is 0. The SMILES string of the molecule is CC(C)(C)c1ccc(-c2ccccc2C(O)O)cc1. The van der Waals surface area contributed by atoms with Crippen LogP contribution in [0.2, 0.25) is 0 Å². The van der Waals surface area contributed by atoms with E-state index >= 15 is 0 Å². The Morgan fingerprint density at radius 3 is 1.95 bits per heavy atom. The number of aliphatic hydroxyl groups excluding tert-OH is 1. The van der Waals surface area contributed by atoms with Gasteiger partial charge in [0.1, 0.15) is 0 Å². The molecule has 2 aromatic rings. The topological polar surface area (TPSA) is 40.5 Å². The zero-order valence-electron chi connectivity index (χ0n) is 11.6. The van der Waals surface area contributed by atoms with Gasteiger partial charge in [0.05, 0.1) is 0 Å². The van der Waals surface area contributed by atoms with Crippen molar-refractivity contribution in [3.63, 3.8) is 0 Å². The van der Waals surface area contributed by atoms with E-state index in [2.05, 4.69) is 32.9 Å². The third-order valence-corrected chi connectivity index (χ3v) is 3.30. The van der Waals surface area contributed by atoms with Crippen LogP contribution in [0.15, 0.2) is 48.5 Å². The van der Waals surface area contributed by atoms with Crippen molar-refractivity contribution in [1.29, 1.82) is 0 Å². The third-order valence-electron chi connectivity index (χ3n) is 3.30. The Labute approximate surface area is 114 Å². The summed E-state index contributed by atoms with van der Waals surface area (Å²) >= 11 is 0. The molecule has 0 unspecified atom stereocenters. The van der Waals surface area contributed by atoms with Crippen LogP contribution in [0.1, 0.15) is 38.2 Å². The van der Waals surface area contributed by atoms with E-state index in [0.29, 0.717) is 5.56 Å². The Morgan fingerprint density at radius 1 is 0.842 bits per heavy atom. The van der Waals surface area contributed by atoms with Gasteiger partial charge in [0.2, 0.25) is 0 Å². The molecule has 0 aliphatic rings. The molecule has 0 aromatic heterocycles. The maximum atomic E-state index is 9.41. The number of hydrogen-bond acceptors (Lipinski definition) is 2. The summed E-state index contributed by atoms with van der Waals surface area (Å²) in [5, 5.41) is 18.8. The standard InChI is InChI=1S/C17H20O2/c1-17(2,3)13-10-8-12(9-11-13)14-6-4-5-7-15(14)16(18)19/h4-11,16,18-19H,1-3H3. The number of hydrogen-bond donors (Lipinski definition) is 2. The molecule has 0 saturated carbocycles. The van der Waals surface area contributed by atoms with E-state index in [4.69, 9.17) is 0 Å². The quantitative estimate of drug-likeness (QED) is 0.805. The monoisotopic (exact) mass is 256 g/mol. The predicted molar refractivity (Wildman–Crippen MR) is 77.8 cm³/mol. The Bertz CT molecular complexity index is 548. The van der Waals surface area contributed by atoms with Crippen molar-refractivity contribution in [3.8, 4) is 11.1 Å². The maximum absolute atomic E-state index is 9.41. The minimum absolute atomic E-state index is 0.120. The molecule has 2 aromatic carbocycles. The Morgan fingerprint density at radius 2 is 1.42 bits per heavy atom. The fourth-order valence-electron chi connectivity index (χ4n) is 2.13. The van der Waals surface area contributed by atoms with Crippen LogP contribution < -0.4 is 0 Å². The molecule has 0 heterocycles. The van der Waals surface area contributed by atoms with Crippen LogP contribution in [-0.4, -0.2) is 10.2 Å². The van der Waals surface area contributed by atoms with Crippen LogP contribution in [0.5, 0.6) is 0 Å². The molecule has 19 heavy (non-hydrogen) atoms. The Hall–Kier alpha value is -1.64. The molecule has 0 bridgehead atoms. The van der Waals surface area contributed by atoms with E-state index in [1.54, 1.807) is 6.07 Å². The van der Waals surface area contributed by atoms with Crippen LogP contribution in [0.4, 0.5) is 0 Å². The highest BCUT2D eigenvalue weighted by Crippen LogP contribution is 2.29. The summed E-state index contributed by atoms with van der Waals surface area (Å²) in [6.07, 6.45) is -1.45. The van der Waals surface area contributed by atoms with Gasteiger partial charge in [-0.05, 0) is 22.1 Å². The molecule has 0 aliphatic carbocycles. The second-order valence-electron chi connectivity index (χ2n) is 5.79. The smallest absolute Gasteiger partial charge is 0.179 e. The average molecular weight is 256 g/mol. The molecule has 2 rings (SSSR count). The number of aliphatic hydroxyl groups is 2. The van der Waals surface area contributed by atoms with Gasteiger partial charge in [-0.1, -0.05) is 69.3 Å². The summed E-state index contributed by atoms with van der Waals surface area (Å²) in [5.41, 5.74) is 3.77. The fraction of sp³-hybridized carbons (Fsp3) is 0.294. The van der Waals surface area contributed by atoms with Gasteiger partial charge in [0.15, 0.2) is 6.29 Å². The van der Waals surface area contributed by atoms with Crippen molar-refractivity contribution in [2.24, 2.45) is 0 Å². The summed E-state index contributed by atoms with van der Waals surface area (Å²) in [5.74, 6) is 0. The Balaban J connectivity index is 2.43. The molecule has 100 valence electrons. The van der Waals surface area contributed by atoms with Crippen molar-refractivity contribution in [1.82, 2.24) is 0 Å². The van der Waals surface area contributed by atoms with Crippen molar-refractivity contribution >= 4 is 0 Å². The minimum atomic E-state index is -1.45. The highest BCUT2D eigenvalue weighted by atomic mass is 16.5. The zero-order valence-corrected chi connectivity index (χ0v) is 11.6. The molecule has 2 N–H and O–H groups in total. The van der Waals surface area contributed by atoms with E-state index in [1.165, 1.54) is 5.56 Å². The lowest BCUT2D eigenvalue weighted by Crippen LogP contribution is -2.10. The largest absolute Gasteiger partial charge is 0.364 e. The molecular weight excluding hydrogens is 236 g/mol. The van der Waals surface area contributed by atoms with Crippen molar-refractivity contribution in [2.45, 2.75) is 32.5 Å². The lowest BCUT2D eigenvalue weighted by atomic mass is 9.86. The van der Waals surface area contributed by atoms with Gasteiger partial charge >= 0.3 is 0 Å². The van der Waals surface area contributed by atoms with E-state index in [-0.39, 0.29) is 5.41 Å². The van der Waals surface area contributed by atoms with Crippen LogP contribution in [0.3, 0.4) is 0 Å². The summed E-state index contributed by atoms with van der Waals surface area (Å²) in [6, 6.07) is 15.6. The van der Waals surface area contributed by atoms with Gasteiger partial charge < -0.3 is 10.2 Å². The average Bonchev–Trinajstić information content (AvgIpc) is 2.38. The molecule has 0 aliphatic heterocycles. The lowest BCUT2D eigenvalue weighted by molar-refractivity contribution is -0.0420. The maximum Gasteiger partial charge on any atom is 0.179 e. The second-order valence-corrected chi connectivity index (χ2v) is 5.79. The molecule has 0 saturated heterocycles. The highest BCUT2D eigenvalue weighted by Gasteiger charge is 2.14. The number of benzene rings is 2. The van der Waals surface area contributed by atoms with Gasteiger partial charge in [0.25, 0.3) is 0 Å². The molecular formula is C17H20O2. The third kappa shape index (κ3) is 3.03. The van der Waals surface area contributed by atoms with Crippen molar-refractivity contribution in [2.75, 3.05) is 0 Å². The van der Waals surface area contributed by atoms with E-state index in [0.717, 1.165) is 11.1 Å². The molecule has 0 radical (unpaired) electrons. The van der Waals surface area contributed by atoms with Gasteiger partial charge in [0, 0.05) is 5.56 Å². The molecule has 0 amide bonds.